The normalized spacial score (nSPS) is 10.6. The Labute approximate surface area is 179 Å². The van der Waals surface area contributed by atoms with Crippen molar-refractivity contribution in [1.29, 1.82) is 0 Å². The molecular weight excluding hydrogens is 400 g/mol. The van der Waals surface area contributed by atoms with Crippen LogP contribution >= 0.6 is 11.8 Å². The van der Waals surface area contributed by atoms with Crippen LogP contribution in [-0.2, 0) is 17.0 Å². The van der Waals surface area contributed by atoms with Gasteiger partial charge in [0, 0.05) is 30.6 Å². The van der Waals surface area contributed by atoms with Crippen LogP contribution in [0.2, 0.25) is 0 Å². The van der Waals surface area contributed by atoms with E-state index in [-0.39, 0.29) is 11.8 Å². The third-order valence-electron chi connectivity index (χ3n) is 4.49. The van der Waals surface area contributed by atoms with Gasteiger partial charge in [0.2, 0.25) is 5.91 Å². The number of nitrogens with zero attached hydrogens (tertiary/aromatic N) is 2. The van der Waals surface area contributed by atoms with Crippen molar-refractivity contribution in [3.05, 3.63) is 76.8 Å². The molecule has 0 bridgehead atoms. The summed E-state index contributed by atoms with van der Waals surface area (Å²) >= 11 is 1.47. The van der Waals surface area contributed by atoms with E-state index in [2.05, 4.69) is 20.8 Å². The standard InChI is InChI=1S/C22H24N4O3S/c1-15-19(16(2)29-26-15)14-30-22-18(9-6-10-25-22)21(28)24-12-11-23-20(27)13-17-7-4-3-5-8-17/h3-10H,11-14H2,1-2H3,(H,23,27)(H,24,28). The summed E-state index contributed by atoms with van der Waals surface area (Å²) in [4.78, 5) is 28.9. The van der Waals surface area contributed by atoms with Gasteiger partial charge in [-0.2, -0.15) is 0 Å². The van der Waals surface area contributed by atoms with Crippen LogP contribution in [0.25, 0.3) is 0 Å². The van der Waals surface area contributed by atoms with E-state index in [0.29, 0.717) is 35.9 Å². The van der Waals surface area contributed by atoms with Crippen LogP contribution in [0.4, 0.5) is 0 Å². The molecule has 3 aromatic rings. The SMILES string of the molecule is Cc1noc(C)c1CSc1ncccc1C(=O)NCCNC(=O)Cc1ccccc1. The van der Waals surface area contributed by atoms with Gasteiger partial charge in [0.25, 0.3) is 5.91 Å². The first kappa shape index (κ1) is 21.6. The molecule has 30 heavy (non-hydrogen) atoms. The van der Waals surface area contributed by atoms with E-state index in [0.717, 1.165) is 22.6 Å². The first-order chi connectivity index (χ1) is 14.5. The Morgan fingerprint density at radius 2 is 1.80 bits per heavy atom. The fraction of sp³-hybridized carbons (Fsp3) is 0.273. The molecule has 0 aliphatic heterocycles. The highest BCUT2D eigenvalue weighted by Crippen LogP contribution is 2.27. The highest BCUT2D eigenvalue weighted by Gasteiger charge is 2.15. The summed E-state index contributed by atoms with van der Waals surface area (Å²) in [6.07, 6.45) is 1.98. The summed E-state index contributed by atoms with van der Waals surface area (Å²) in [6.45, 7) is 4.46. The smallest absolute Gasteiger partial charge is 0.254 e. The summed E-state index contributed by atoms with van der Waals surface area (Å²) in [5.41, 5.74) is 3.31. The average Bonchev–Trinajstić information content (AvgIpc) is 3.08. The zero-order valence-electron chi connectivity index (χ0n) is 17.0. The van der Waals surface area contributed by atoms with E-state index in [4.69, 9.17) is 4.52 Å². The van der Waals surface area contributed by atoms with Gasteiger partial charge in [-0.1, -0.05) is 35.5 Å². The number of nitrogens with one attached hydrogen (secondary N) is 2. The maximum atomic E-state index is 12.6. The van der Waals surface area contributed by atoms with Gasteiger partial charge in [-0.15, -0.1) is 11.8 Å². The van der Waals surface area contributed by atoms with E-state index in [1.807, 2.05) is 44.2 Å². The number of hydrogen-bond acceptors (Lipinski definition) is 6. The number of rotatable bonds is 9. The highest BCUT2D eigenvalue weighted by molar-refractivity contribution is 7.98. The predicted molar refractivity (Wildman–Crippen MR) is 115 cm³/mol. The lowest BCUT2D eigenvalue weighted by atomic mass is 10.1. The fourth-order valence-electron chi connectivity index (χ4n) is 2.84. The van der Waals surface area contributed by atoms with Crippen molar-refractivity contribution in [1.82, 2.24) is 20.8 Å². The van der Waals surface area contributed by atoms with Crippen LogP contribution in [0.3, 0.4) is 0 Å². The minimum Gasteiger partial charge on any atom is -0.361 e. The quantitative estimate of drug-likeness (QED) is 0.405. The third kappa shape index (κ3) is 5.93. The van der Waals surface area contributed by atoms with Gasteiger partial charge in [0.15, 0.2) is 0 Å². The van der Waals surface area contributed by atoms with Gasteiger partial charge in [-0.25, -0.2) is 4.98 Å². The molecule has 2 amide bonds. The largest absolute Gasteiger partial charge is 0.361 e. The lowest BCUT2D eigenvalue weighted by molar-refractivity contribution is -0.120. The molecule has 0 radical (unpaired) electrons. The molecule has 2 aromatic heterocycles. The van der Waals surface area contributed by atoms with Gasteiger partial charge in [0.05, 0.1) is 17.7 Å². The zero-order chi connectivity index (χ0) is 21.3. The maximum Gasteiger partial charge on any atom is 0.254 e. The van der Waals surface area contributed by atoms with E-state index in [1.165, 1.54) is 11.8 Å². The molecule has 2 heterocycles. The van der Waals surface area contributed by atoms with Gasteiger partial charge in [-0.3, -0.25) is 9.59 Å². The fourth-order valence-corrected chi connectivity index (χ4v) is 3.99. The van der Waals surface area contributed by atoms with Crippen molar-refractivity contribution >= 4 is 23.6 Å². The topological polar surface area (TPSA) is 97.1 Å². The number of hydrogen-bond donors (Lipinski definition) is 2. The highest BCUT2D eigenvalue weighted by atomic mass is 32.2. The van der Waals surface area contributed by atoms with E-state index >= 15 is 0 Å². The molecular formula is C22H24N4O3S. The summed E-state index contributed by atoms with van der Waals surface area (Å²) in [7, 11) is 0. The van der Waals surface area contributed by atoms with Gasteiger partial charge >= 0.3 is 0 Å². The molecule has 7 nitrogen and oxygen atoms in total. The maximum absolute atomic E-state index is 12.6. The molecule has 0 fully saturated rings. The van der Waals surface area contributed by atoms with Crippen LogP contribution in [-0.4, -0.2) is 35.0 Å². The molecule has 0 unspecified atom stereocenters. The summed E-state index contributed by atoms with van der Waals surface area (Å²) in [5.74, 6) is 1.09. The van der Waals surface area contributed by atoms with Crippen LogP contribution in [0, 0.1) is 13.8 Å². The monoisotopic (exact) mass is 424 g/mol. The summed E-state index contributed by atoms with van der Waals surface area (Å²) in [5, 5.41) is 10.2. The molecule has 0 spiro atoms. The van der Waals surface area contributed by atoms with Gasteiger partial charge < -0.3 is 15.2 Å². The van der Waals surface area contributed by atoms with Crippen molar-refractivity contribution in [3.63, 3.8) is 0 Å². The Kier molecular flexibility index (Phi) is 7.62. The van der Waals surface area contributed by atoms with E-state index < -0.39 is 0 Å². The number of benzene rings is 1. The van der Waals surface area contributed by atoms with Crippen LogP contribution in [0.1, 0.15) is 32.9 Å². The molecule has 1 aromatic carbocycles. The van der Waals surface area contributed by atoms with Crippen molar-refractivity contribution < 1.29 is 14.1 Å². The first-order valence-corrected chi connectivity index (χ1v) is 10.6. The van der Waals surface area contributed by atoms with E-state index in [9.17, 15) is 9.59 Å². The number of pyridine rings is 1. The Hall–Kier alpha value is -3.13. The van der Waals surface area contributed by atoms with E-state index in [1.54, 1.807) is 18.3 Å². The van der Waals surface area contributed by atoms with Crippen molar-refractivity contribution in [2.24, 2.45) is 0 Å². The van der Waals surface area contributed by atoms with Gasteiger partial charge in [0.1, 0.15) is 10.8 Å². The molecule has 2 N–H and O–H groups in total. The van der Waals surface area contributed by atoms with Crippen molar-refractivity contribution in [2.45, 2.75) is 31.0 Å². The molecule has 3 rings (SSSR count). The number of thioether (sulfide) groups is 1. The Morgan fingerprint density at radius 3 is 2.53 bits per heavy atom. The average molecular weight is 425 g/mol. The Bertz CT molecular complexity index is 985. The second kappa shape index (κ2) is 10.6. The number of carbonyl (C=O) groups excluding carboxylic acids is 2. The van der Waals surface area contributed by atoms with Crippen LogP contribution in [0.15, 0.2) is 58.2 Å². The Morgan fingerprint density at radius 1 is 1.03 bits per heavy atom. The lowest BCUT2D eigenvalue weighted by Gasteiger charge is -2.10. The zero-order valence-corrected chi connectivity index (χ0v) is 17.8. The summed E-state index contributed by atoms with van der Waals surface area (Å²) < 4.78 is 5.19. The third-order valence-corrected chi connectivity index (χ3v) is 5.52. The predicted octanol–water partition coefficient (Wildman–Crippen LogP) is 3.07. The molecule has 0 atom stereocenters. The molecule has 0 aliphatic rings. The molecule has 0 aliphatic carbocycles. The second-order valence-corrected chi connectivity index (χ2v) is 7.68. The minimum atomic E-state index is -0.221. The van der Waals surface area contributed by atoms with Crippen LogP contribution in [0.5, 0.6) is 0 Å². The number of carbonyl (C=O) groups is 2. The van der Waals surface area contributed by atoms with Gasteiger partial charge in [-0.05, 0) is 31.5 Å². The number of aromatic nitrogens is 2. The van der Waals surface area contributed by atoms with Crippen molar-refractivity contribution in [3.8, 4) is 0 Å². The molecule has 0 saturated heterocycles. The van der Waals surface area contributed by atoms with Crippen LogP contribution < -0.4 is 10.6 Å². The summed E-state index contributed by atoms with van der Waals surface area (Å²) in [6, 6.07) is 13.0. The first-order valence-electron chi connectivity index (χ1n) is 9.63. The second-order valence-electron chi connectivity index (χ2n) is 6.72. The molecule has 8 heteroatoms. The minimum absolute atomic E-state index is 0.0764. The Balaban J connectivity index is 1.48. The molecule has 156 valence electrons. The number of aryl methyl sites for hydroxylation is 2. The lowest BCUT2D eigenvalue weighted by Crippen LogP contribution is -2.35. The molecule has 0 saturated carbocycles. The number of amides is 2. The van der Waals surface area contributed by atoms with Crippen molar-refractivity contribution in [2.75, 3.05) is 13.1 Å².